The number of halogens is 1. The third-order valence-electron chi connectivity index (χ3n) is 4.40. The van der Waals surface area contributed by atoms with Gasteiger partial charge in [0.25, 0.3) is 5.91 Å². The molecule has 2 rings (SSSR count). The van der Waals surface area contributed by atoms with Crippen LogP contribution in [0, 0.1) is 0 Å². The van der Waals surface area contributed by atoms with Crippen LogP contribution in [-0.2, 0) is 13.1 Å². The quantitative estimate of drug-likeness (QED) is 0.243. The highest BCUT2D eigenvalue weighted by molar-refractivity contribution is 14.0. The highest BCUT2D eigenvalue weighted by Crippen LogP contribution is 2.13. The van der Waals surface area contributed by atoms with Crippen LogP contribution in [0.3, 0.4) is 0 Å². The summed E-state index contributed by atoms with van der Waals surface area (Å²) in [6.45, 7) is 9.30. The number of likely N-dealkylation sites (N-methyl/N-ethyl adjacent to an activating group) is 1. The van der Waals surface area contributed by atoms with Crippen LogP contribution in [0.4, 0.5) is 0 Å². The van der Waals surface area contributed by atoms with Crippen LogP contribution >= 0.6 is 24.0 Å². The van der Waals surface area contributed by atoms with E-state index >= 15 is 0 Å². The Hall–Kier alpha value is -2.14. The van der Waals surface area contributed by atoms with Crippen molar-refractivity contribution in [2.24, 2.45) is 4.99 Å². The monoisotopic (exact) mass is 542 g/mol. The zero-order valence-electron chi connectivity index (χ0n) is 19.1. The third-order valence-corrected chi connectivity index (χ3v) is 4.40. The van der Waals surface area contributed by atoms with E-state index in [2.05, 4.69) is 39.9 Å². The first-order valence-corrected chi connectivity index (χ1v) is 10.4. The predicted octanol–water partition coefficient (Wildman–Crippen LogP) is 2.96. The van der Waals surface area contributed by atoms with Crippen molar-refractivity contribution in [2.45, 2.75) is 39.8 Å². The molecule has 1 aromatic carbocycles. The summed E-state index contributed by atoms with van der Waals surface area (Å²) < 4.78 is 5.36. The van der Waals surface area contributed by atoms with Gasteiger partial charge in [0.2, 0.25) is 0 Å². The lowest BCUT2D eigenvalue weighted by atomic mass is 10.1. The van der Waals surface area contributed by atoms with Gasteiger partial charge in [-0.2, -0.15) is 0 Å². The van der Waals surface area contributed by atoms with Crippen molar-refractivity contribution < 1.29 is 9.32 Å². The number of hydrogen-bond acceptors (Lipinski definition) is 5. The van der Waals surface area contributed by atoms with Gasteiger partial charge in [0.1, 0.15) is 0 Å². The Balaban J connectivity index is 0.00000480. The number of aromatic nitrogens is 1. The second-order valence-corrected chi connectivity index (χ2v) is 7.68. The molecular weight excluding hydrogens is 507 g/mol. The van der Waals surface area contributed by atoms with Crippen molar-refractivity contribution in [2.75, 3.05) is 33.7 Å². The average Bonchev–Trinajstić information content (AvgIpc) is 3.19. The van der Waals surface area contributed by atoms with E-state index in [9.17, 15) is 4.79 Å². The molecule has 0 bridgehead atoms. The smallest absolute Gasteiger partial charge is 0.251 e. The Morgan fingerprint density at radius 2 is 1.97 bits per heavy atom. The molecule has 0 spiro atoms. The van der Waals surface area contributed by atoms with E-state index in [4.69, 9.17) is 4.52 Å². The number of guanidine groups is 1. The number of amides is 1. The predicted molar refractivity (Wildman–Crippen MR) is 135 cm³/mol. The van der Waals surface area contributed by atoms with E-state index in [-0.39, 0.29) is 29.9 Å². The number of hydrogen-bond donors (Lipinski definition) is 3. The SMILES string of the molecule is CCNC(=NCc1cccc(C(=O)NCCN(C)C)c1)NCc1cc(C(C)C)no1.I. The molecule has 31 heavy (non-hydrogen) atoms. The minimum absolute atomic E-state index is 0. The highest BCUT2D eigenvalue weighted by Gasteiger charge is 2.09. The first kappa shape index (κ1) is 26.9. The molecule has 0 radical (unpaired) electrons. The van der Waals surface area contributed by atoms with Crippen LogP contribution < -0.4 is 16.0 Å². The van der Waals surface area contributed by atoms with Crippen molar-refractivity contribution in [1.82, 2.24) is 26.0 Å². The summed E-state index contributed by atoms with van der Waals surface area (Å²) in [7, 11) is 3.96. The summed E-state index contributed by atoms with van der Waals surface area (Å²) in [5.74, 6) is 1.71. The Bertz CT molecular complexity index is 835. The molecule has 0 atom stereocenters. The maximum absolute atomic E-state index is 12.3. The third kappa shape index (κ3) is 9.69. The van der Waals surface area contributed by atoms with Crippen LogP contribution in [0.25, 0.3) is 0 Å². The van der Waals surface area contributed by atoms with Crippen molar-refractivity contribution >= 4 is 35.8 Å². The normalized spacial score (nSPS) is 11.4. The first-order chi connectivity index (χ1) is 14.4. The van der Waals surface area contributed by atoms with Gasteiger partial charge in [-0.25, -0.2) is 4.99 Å². The molecule has 8 nitrogen and oxygen atoms in total. The zero-order chi connectivity index (χ0) is 21.9. The minimum atomic E-state index is -0.0704. The Kier molecular flexibility index (Phi) is 12.2. The standard InChI is InChI=1S/C22H34N6O2.HI/c1-6-23-22(26-15-19-13-20(16(2)3)27-30-19)25-14-17-8-7-9-18(12-17)21(29)24-10-11-28(4)5;/h7-9,12-13,16H,6,10-11,14-15H2,1-5H3,(H,24,29)(H2,23,25,26);1H. The maximum Gasteiger partial charge on any atom is 0.251 e. The van der Waals surface area contributed by atoms with Gasteiger partial charge in [0.05, 0.1) is 18.8 Å². The van der Waals surface area contributed by atoms with Gasteiger partial charge >= 0.3 is 0 Å². The first-order valence-electron chi connectivity index (χ1n) is 10.4. The van der Waals surface area contributed by atoms with E-state index in [1.54, 1.807) is 0 Å². The lowest BCUT2D eigenvalue weighted by molar-refractivity contribution is 0.0951. The number of nitrogens with one attached hydrogen (secondary N) is 3. The average molecular weight is 542 g/mol. The molecule has 0 aliphatic rings. The summed E-state index contributed by atoms with van der Waals surface area (Å²) in [6, 6.07) is 9.50. The Morgan fingerprint density at radius 1 is 1.19 bits per heavy atom. The number of benzene rings is 1. The van der Waals surface area contributed by atoms with Crippen LogP contribution in [0.1, 0.15) is 54.1 Å². The van der Waals surface area contributed by atoms with Crippen LogP contribution in [-0.4, -0.2) is 55.7 Å². The van der Waals surface area contributed by atoms with Gasteiger partial charge in [-0.15, -0.1) is 24.0 Å². The molecule has 1 aromatic heterocycles. The summed E-state index contributed by atoms with van der Waals surface area (Å²) in [5.41, 5.74) is 2.55. The number of nitrogens with zero attached hydrogens (tertiary/aromatic N) is 3. The molecule has 1 amide bonds. The van der Waals surface area contributed by atoms with Gasteiger partial charge in [-0.3, -0.25) is 4.79 Å². The summed E-state index contributed by atoms with van der Waals surface area (Å²) >= 11 is 0. The van der Waals surface area contributed by atoms with E-state index in [1.165, 1.54) is 0 Å². The molecule has 0 aliphatic heterocycles. The number of carbonyl (C=O) groups is 1. The van der Waals surface area contributed by atoms with Crippen LogP contribution in [0.15, 0.2) is 39.8 Å². The van der Waals surface area contributed by atoms with Crippen molar-refractivity contribution in [3.8, 4) is 0 Å². The van der Waals surface area contributed by atoms with Gasteiger partial charge in [0, 0.05) is 31.3 Å². The highest BCUT2D eigenvalue weighted by atomic mass is 127. The fourth-order valence-corrected chi connectivity index (χ4v) is 2.67. The minimum Gasteiger partial charge on any atom is -0.359 e. The van der Waals surface area contributed by atoms with E-state index in [0.29, 0.717) is 37.1 Å². The lowest BCUT2D eigenvalue weighted by Crippen LogP contribution is -2.36. The van der Waals surface area contributed by atoms with Gasteiger partial charge in [-0.1, -0.05) is 31.1 Å². The number of carbonyl (C=O) groups excluding carboxylic acids is 1. The zero-order valence-corrected chi connectivity index (χ0v) is 21.4. The summed E-state index contributed by atoms with van der Waals surface area (Å²) in [4.78, 5) is 19.0. The fraction of sp³-hybridized carbons (Fsp3) is 0.500. The van der Waals surface area contributed by atoms with Crippen molar-refractivity contribution in [1.29, 1.82) is 0 Å². The topological polar surface area (TPSA) is 94.8 Å². The molecule has 0 aliphatic carbocycles. The molecule has 1 heterocycles. The van der Waals surface area contributed by atoms with Gasteiger partial charge in [0.15, 0.2) is 11.7 Å². The Labute approximate surface area is 202 Å². The molecule has 3 N–H and O–H groups in total. The second kappa shape index (κ2) is 14.0. The molecule has 2 aromatic rings. The molecule has 0 saturated heterocycles. The molecule has 0 fully saturated rings. The second-order valence-electron chi connectivity index (χ2n) is 7.68. The molecule has 172 valence electrons. The van der Waals surface area contributed by atoms with E-state index < -0.39 is 0 Å². The van der Waals surface area contributed by atoms with E-state index in [0.717, 1.165) is 30.1 Å². The largest absolute Gasteiger partial charge is 0.359 e. The Morgan fingerprint density at radius 3 is 2.61 bits per heavy atom. The van der Waals surface area contributed by atoms with Crippen LogP contribution in [0.5, 0.6) is 0 Å². The molecule has 9 heteroatoms. The van der Waals surface area contributed by atoms with Crippen molar-refractivity contribution in [3.63, 3.8) is 0 Å². The molecule has 0 unspecified atom stereocenters. The van der Waals surface area contributed by atoms with Gasteiger partial charge in [-0.05, 0) is 44.6 Å². The summed E-state index contributed by atoms with van der Waals surface area (Å²) in [6.07, 6.45) is 0. The van der Waals surface area contributed by atoms with Crippen LogP contribution in [0.2, 0.25) is 0 Å². The molecular formula is C22H35IN6O2. The van der Waals surface area contributed by atoms with E-state index in [1.807, 2.05) is 56.3 Å². The fourth-order valence-electron chi connectivity index (χ4n) is 2.67. The summed E-state index contributed by atoms with van der Waals surface area (Å²) in [5, 5.41) is 13.5. The molecule has 0 saturated carbocycles. The number of aliphatic imine (C=N–C) groups is 1. The van der Waals surface area contributed by atoms with Crippen molar-refractivity contribution in [3.05, 3.63) is 52.9 Å². The number of rotatable bonds is 10. The van der Waals surface area contributed by atoms with Gasteiger partial charge < -0.3 is 25.4 Å². The maximum atomic E-state index is 12.3. The lowest BCUT2D eigenvalue weighted by Gasteiger charge is -2.11.